The van der Waals surface area contributed by atoms with Gasteiger partial charge in [-0.15, -0.1) is 0 Å². The first-order chi connectivity index (χ1) is 9.17. The van der Waals surface area contributed by atoms with Crippen molar-refractivity contribution in [2.75, 3.05) is 17.2 Å². The number of aromatic nitrogens is 2. The molecular weight excluding hydrogens is 260 g/mol. The van der Waals surface area contributed by atoms with E-state index in [9.17, 15) is 0 Å². The Morgan fingerprint density at radius 1 is 1.05 bits per heavy atom. The number of hydrogen-bond donors (Lipinski definition) is 1. The molecule has 5 rings (SSSR count). The van der Waals surface area contributed by atoms with Gasteiger partial charge in [0.05, 0.1) is 0 Å². The van der Waals surface area contributed by atoms with Gasteiger partial charge in [0.2, 0.25) is 5.95 Å². The molecular formula is C14H19ClN4. The zero-order chi connectivity index (χ0) is 13.0. The third-order valence-electron chi connectivity index (χ3n) is 5.10. The summed E-state index contributed by atoms with van der Waals surface area (Å²) in [5, 5.41) is 0.450. The van der Waals surface area contributed by atoms with Crippen LogP contribution in [0.1, 0.15) is 32.1 Å². The van der Waals surface area contributed by atoms with Gasteiger partial charge in [0.1, 0.15) is 11.0 Å². The topological polar surface area (TPSA) is 55.0 Å². The van der Waals surface area contributed by atoms with Gasteiger partial charge < -0.3 is 10.6 Å². The van der Waals surface area contributed by atoms with Gasteiger partial charge in [-0.05, 0) is 49.9 Å². The summed E-state index contributed by atoms with van der Waals surface area (Å²) in [6.45, 7) is 1.12. The van der Waals surface area contributed by atoms with Crippen LogP contribution in [0.2, 0.25) is 5.15 Å². The van der Waals surface area contributed by atoms with Gasteiger partial charge >= 0.3 is 0 Å². The van der Waals surface area contributed by atoms with Crippen LogP contribution in [0.3, 0.4) is 0 Å². The van der Waals surface area contributed by atoms with Crippen molar-refractivity contribution in [1.82, 2.24) is 9.97 Å². The molecule has 0 radical (unpaired) electrons. The lowest BCUT2D eigenvalue weighted by atomic mass is 9.68. The maximum atomic E-state index is 6.03. The van der Waals surface area contributed by atoms with Crippen LogP contribution in [0.15, 0.2) is 6.07 Å². The molecule has 4 fully saturated rings. The first-order valence-corrected chi connectivity index (χ1v) is 7.62. The molecule has 2 unspecified atom stereocenters. The molecule has 0 spiro atoms. The maximum absolute atomic E-state index is 6.03. The number of hydrogen-bond acceptors (Lipinski definition) is 4. The first-order valence-electron chi connectivity index (χ1n) is 7.24. The molecule has 2 aliphatic carbocycles. The van der Waals surface area contributed by atoms with Gasteiger partial charge in [-0.3, -0.25) is 0 Å². The Morgan fingerprint density at radius 2 is 1.74 bits per heavy atom. The largest absolute Gasteiger partial charge is 0.368 e. The number of rotatable bonds is 1. The lowest BCUT2D eigenvalue weighted by Crippen LogP contribution is -2.38. The molecule has 2 aliphatic heterocycles. The molecule has 19 heavy (non-hydrogen) atoms. The molecule has 102 valence electrons. The van der Waals surface area contributed by atoms with Crippen molar-refractivity contribution in [1.29, 1.82) is 0 Å². The molecule has 4 aliphatic rings. The highest BCUT2D eigenvalue weighted by Gasteiger charge is 2.43. The molecule has 4 nitrogen and oxygen atoms in total. The first kappa shape index (κ1) is 11.8. The van der Waals surface area contributed by atoms with Crippen molar-refractivity contribution in [2.24, 2.45) is 17.8 Å². The molecule has 3 heterocycles. The van der Waals surface area contributed by atoms with Gasteiger partial charge in [-0.2, -0.15) is 4.98 Å². The van der Waals surface area contributed by atoms with E-state index in [4.69, 9.17) is 17.3 Å². The van der Waals surface area contributed by atoms with E-state index in [2.05, 4.69) is 14.9 Å². The van der Waals surface area contributed by atoms with Crippen LogP contribution in [-0.2, 0) is 0 Å². The van der Waals surface area contributed by atoms with Crippen LogP contribution in [0, 0.1) is 17.8 Å². The second kappa shape index (κ2) is 4.23. The molecule has 1 aromatic heterocycles. The predicted molar refractivity (Wildman–Crippen MR) is 76.1 cm³/mol. The van der Waals surface area contributed by atoms with Crippen LogP contribution >= 0.6 is 11.6 Å². The van der Waals surface area contributed by atoms with E-state index >= 15 is 0 Å². The number of fused-ring (bicyclic) bond motifs is 1. The lowest BCUT2D eigenvalue weighted by Gasteiger charge is -2.39. The summed E-state index contributed by atoms with van der Waals surface area (Å²) in [6, 6.07) is 2.49. The van der Waals surface area contributed by atoms with Crippen molar-refractivity contribution >= 4 is 23.4 Å². The fourth-order valence-electron chi connectivity index (χ4n) is 4.63. The predicted octanol–water partition coefficient (Wildman–Crippen LogP) is 2.73. The van der Waals surface area contributed by atoms with Crippen molar-refractivity contribution in [3.63, 3.8) is 0 Å². The number of halogens is 1. The number of nitrogens with two attached hydrogens (primary N) is 1. The summed E-state index contributed by atoms with van der Waals surface area (Å²) in [5.41, 5.74) is 5.75. The highest BCUT2D eigenvalue weighted by molar-refractivity contribution is 6.29. The Bertz CT molecular complexity index is 472. The van der Waals surface area contributed by atoms with E-state index in [-0.39, 0.29) is 5.95 Å². The fourth-order valence-corrected chi connectivity index (χ4v) is 4.82. The Labute approximate surface area is 118 Å². The minimum atomic E-state index is 0.284. The molecule has 2 N–H and O–H groups in total. The number of nitrogen functional groups attached to an aromatic ring is 1. The van der Waals surface area contributed by atoms with E-state index in [0.29, 0.717) is 11.2 Å². The highest BCUT2D eigenvalue weighted by atomic mass is 35.5. The quantitative estimate of drug-likeness (QED) is 0.803. The van der Waals surface area contributed by atoms with Crippen molar-refractivity contribution < 1.29 is 0 Å². The van der Waals surface area contributed by atoms with Gasteiger partial charge in [-0.1, -0.05) is 11.6 Å². The van der Waals surface area contributed by atoms with E-state index < -0.39 is 0 Å². The van der Waals surface area contributed by atoms with Crippen LogP contribution in [0.25, 0.3) is 0 Å². The number of anilines is 2. The molecule has 2 saturated carbocycles. The highest BCUT2D eigenvalue weighted by Crippen LogP contribution is 2.48. The summed E-state index contributed by atoms with van der Waals surface area (Å²) >= 11 is 6.03. The third kappa shape index (κ3) is 2.06. The lowest BCUT2D eigenvalue weighted by molar-refractivity contribution is 0.157. The number of nitrogens with zero attached hydrogens (tertiary/aromatic N) is 3. The molecule has 5 heteroatoms. The molecule has 2 saturated heterocycles. The van der Waals surface area contributed by atoms with E-state index in [1.165, 1.54) is 32.1 Å². The summed E-state index contributed by atoms with van der Waals surface area (Å²) in [6.07, 6.45) is 6.88. The average Bonchev–Trinajstić information content (AvgIpc) is 2.52. The summed E-state index contributed by atoms with van der Waals surface area (Å²) in [5.74, 6) is 3.90. The molecule has 4 bridgehead atoms. The molecule has 0 amide bonds. The van der Waals surface area contributed by atoms with Gasteiger partial charge in [0, 0.05) is 18.7 Å². The van der Waals surface area contributed by atoms with Crippen molar-refractivity contribution in [2.45, 2.75) is 38.1 Å². The summed E-state index contributed by atoms with van der Waals surface area (Å²) < 4.78 is 0. The van der Waals surface area contributed by atoms with Gasteiger partial charge in [0.25, 0.3) is 0 Å². The van der Waals surface area contributed by atoms with Crippen molar-refractivity contribution in [3.05, 3.63) is 11.2 Å². The average molecular weight is 279 g/mol. The monoisotopic (exact) mass is 278 g/mol. The van der Waals surface area contributed by atoms with Gasteiger partial charge in [0.15, 0.2) is 0 Å². The van der Waals surface area contributed by atoms with E-state index in [1.54, 1.807) is 0 Å². The van der Waals surface area contributed by atoms with Crippen molar-refractivity contribution in [3.8, 4) is 0 Å². The minimum absolute atomic E-state index is 0.284. The minimum Gasteiger partial charge on any atom is -0.368 e. The maximum Gasteiger partial charge on any atom is 0.223 e. The van der Waals surface area contributed by atoms with Crippen LogP contribution in [0.4, 0.5) is 11.8 Å². The SMILES string of the molecule is Nc1nc(Cl)cc(N2CC3CC4CC(C3)CC2C4)n1. The Balaban J connectivity index is 1.71. The smallest absolute Gasteiger partial charge is 0.223 e. The second-order valence-electron chi connectivity index (χ2n) is 6.49. The molecule has 0 aromatic carbocycles. The Hall–Kier alpha value is -1.03. The third-order valence-corrected chi connectivity index (χ3v) is 5.29. The second-order valence-corrected chi connectivity index (χ2v) is 6.88. The normalized spacial score (nSPS) is 36.6. The standard InChI is InChI=1S/C14H19ClN4/c15-12-6-13(18-14(16)17-12)19-7-10-2-8-1-9(3-10)5-11(19)4-8/h6,8-11H,1-5,7H2,(H2,16,17,18). The fraction of sp³-hybridized carbons (Fsp3) is 0.714. The zero-order valence-corrected chi connectivity index (χ0v) is 11.7. The summed E-state index contributed by atoms with van der Waals surface area (Å²) in [7, 11) is 0. The summed E-state index contributed by atoms with van der Waals surface area (Å²) in [4.78, 5) is 10.8. The Kier molecular flexibility index (Phi) is 2.62. The van der Waals surface area contributed by atoms with E-state index in [1.807, 2.05) is 6.07 Å². The van der Waals surface area contributed by atoms with Crippen LogP contribution in [0.5, 0.6) is 0 Å². The molecule has 2 atom stereocenters. The van der Waals surface area contributed by atoms with Crippen LogP contribution < -0.4 is 10.6 Å². The van der Waals surface area contributed by atoms with E-state index in [0.717, 1.165) is 30.1 Å². The molecule has 1 aromatic rings. The zero-order valence-electron chi connectivity index (χ0n) is 10.9. The Morgan fingerprint density at radius 3 is 2.42 bits per heavy atom. The van der Waals surface area contributed by atoms with Gasteiger partial charge in [-0.25, -0.2) is 4.98 Å². The van der Waals surface area contributed by atoms with Crippen LogP contribution in [-0.4, -0.2) is 22.6 Å².